The van der Waals surface area contributed by atoms with Crippen molar-refractivity contribution in [1.29, 1.82) is 0 Å². The van der Waals surface area contributed by atoms with Crippen LogP contribution in [-0.2, 0) is 17.6 Å². The summed E-state index contributed by atoms with van der Waals surface area (Å²) in [5, 5.41) is 7.08. The van der Waals surface area contributed by atoms with Crippen LogP contribution in [0.25, 0.3) is 0 Å². The fourth-order valence-corrected chi connectivity index (χ4v) is 4.32. The molecule has 2 aliphatic rings. The molecule has 1 aromatic carbocycles. The molecule has 2 fully saturated rings. The Morgan fingerprint density at radius 2 is 1.88 bits per heavy atom. The molecule has 0 amide bonds. The molecule has 0 aromatic heterocycles. The molecule has 1 saturated carbocycles. The summed E-state index contributed by atoms with van der Waals surface area (Å²) in [5.41, 5.74) is 2.92. The van der Waals surface area contributed by atoms with E-state index in [1.165, 1.54) is 11.1 Å². The highest BCUT2D eigenvalue weighted by Gasteiger charge is 2.59. The minimum absolute atomic E-state index is 0. The number of ether oxygens (including phenoxy) is 1. The molecule has 1 saturated heterocycles. The molecular weight excluding hydrogens is 437 g/mol. The van der Waals surface area contributed by atoms with E-state index in [0.29, 0.717) is 18.1 Å². The van der Waals surface area contributed by atoms with Crippen molar-refractivity contribution in [3.05, 3.63) is 35.4 Å². The number of guanidine groups is 1. The van der Waals surface area contributed by atoms with Gasteiger partial charge in [-0.2, -0.15) is 0 Å². The van der Waals surface area contributed by atoms with Gasteiger partial charge in [-0.1, -0.05) is 45.0 Å². The predicted octanol–water partition coefficient (Wildman–Crippen LogP) is 3.78. The number of fused-ring (bicyclic) bond motifs is 1. The first kappa shape index (κ1) is 21.5. The van der Waals surface area contributed by atoms with Crippen molar-refractivity contribution < 1.29 is 4.74 Å². The number of nitrogens with one attached hydrogen (secondary N) is 2. The monoisotopic (exact) mass is 471 g/mol. The van der Waals surface area contributed by atoms with Crippen molar-refractivity contribution in [3.8, 4) is 0 Å². The molecule has 146 valence electrons. The lowest BCUT2D eigenvalue weighted by Gasteiger charge is -2.54. The van der Waals surface area contributed by atoms with Crippen LogP contribution in [0.4, 0.5) is 0 Å². The highest BCUT2D eigenvalue weighted by atomic mass is 127. The van der Waals surface area contributed by atoms with Crippen molar-refractivity contribution in [1.82, 2.24) is 10.6 Å². The van der Waals surface area contributed by atoms with E-state index in [4.69, 9.17) is 9.73 Å². The Bertz CT molecular complexity index is 600. The minimum atomic E-state index is 0. The van der Waals surface area contributed by atoms with E-state index >= 15 is 0 Å². The first-order valence-corrected chi connectivity index (χ1v) is 9.80. The summed E-state index contributed by atoms with van der Waals surface area (Å²) in [6, 6.07) is 9.34. The van der Waals surface area contributed by atoms with Gasteiger partial charge in [-0.15, -0.1) is 24.0 Å². The van der Waals surface area contributed by atoms with Crippen LogP contribution in [-0.4, -0.2) is 37.8 Å². The van der Waals surface area contributed by atoms with Crippen LogP contribution >= 0.6 is 24.0 Å². The Morgan fingerprint density at radius 1 is 1.19 bits per heavy atom. The average Bonchev–Trinajstić information content (AvgIpc) is 3.07. The van der Waals surface area contributed by atoms with Crippen molar-refractivity contribution in [3.63, 3.8) is 0 Å². The molecular formula is C21H34IN3O. The highest BCUT2D eigenvalue weighted by Crippen LogP contribution is 2.52. The van der Waals surface area contributed by atoms with Gasteiger partial charge < -0.3 is 15.4 Å². The normalized spacial score (nSPS) is 26.5. The van der Waals surface area contributed by atoms with Crippen LogP contribution < -0.4 is 10.6 Å². The van der Waals surface area contributed by atoms with Gasteiger partial charge in [0.25, 0.3) is 0 Å². The number of benzene rings is 1. The van der Waals surface area contributed by atoms with E-state index in [1.807, 2.05) is 0 Å². The van der Waals surface area contributed by atoms with Crippen molar-refractivity contribution in [2.75, 3.05) is 19.7 Å². The van der Waals surface area contributed by atoms with E-state index in [2.05, 4.69) is 62.6 Å². The van der Waals surface area contributed by atoms with Gasteiger partial charge >= 0.3 is 0 Å². The van der Waals surface area contributed by atoms with E-state index in [0.717, 1.165) is 44.9 Å². The molecule has 3 atom stereocenters. The maximum Gasteiger partial charge on any atom is 0.191 e. The van der Waals surface area contributed by atoms with E-state index < -0.39 is 0 Å². The third-order valence-electron chi connectivity index (χ3n) is 5.84. The zero-order chi connectivity index (χ0) is 17.9. The molecule has 3 unspecified atom stereocenters. The Labute approximate surface area is 175 Å². The number of hydrogen-bond donors (Lipinski definition) is 2. The number of aryl methyl sites for hydroxylation is 1. The SMILES string of the molecule is CCNC(=NCCc1ccc(CC)cc1)NC1C2CCOC2C1(C)C.I. The van der Waals surface area contributed by atoms with Gasteiger partial charge in [0.05, 0.1) is 6.10 Å². The number of rotatable bonds is 6. The maximum atomic E-state index is 5.90. The minimum Gasteiger partial charge on any atom is -0.377 e. The fourth-order valence-electron chi connectivity index (χ4n) is 4.32. The van der Waals surface area contributed by atoms with Gasteiger partial charge in [0.1, 0.15) is 0 Å². The first-order valence-electron chi connectivity index (χ1n) is 9.80. The summed E-state index contributed by atoms with van der Waals surface area (Å²) in [7, 11) is 0. The van der Waals surface area contributed by atoms with Gasteiger partial charge in [0.15, 0.2) is 5.96 Å². The van der Waals surface area contributed by atoms with Crippen molar-refractivity contribution in [2.45, 2.75) is 59.1 Å². The standard InChI is InChI=1S/C21H33N3O.HI/c1-5-15-7-9-16(10-8-15)11-13-23-20(22-6-2)24-18-17-12-14-25-19(17)21(18,3)4;/h7-10,17-19H,5-6,11-14H2,1-4H3,(H2,22,23,24);1H. The summed E-state index contributed by atoms with van der Waals surface area (Å²) in [6.07, 6.45) is 3.64. The van der Waals surface area contributed by atoms with Crippen molar-refractivity contribution in [2.24, 2.45) is 16.3 Å². The molecule has 1 aliphatic heterocycles. The summed E-state index contributed by atoms with van der Waals surface area (Å²) in [6.45, 7) is 11.5. The number of nitrogens with zero attached hydrogens (tertiary/aromatic N) is 1. The molecule has 5 heteroatoms. The second kappa shape index (κ2) is 9.40. The van der Waals surface area contributed by atoms with Gasteiger partial charge in [0, 0.05) is 37.1 Å². The van der Waals surface area contributed by atoms with Crippen LogP contribution in [0, 0.1) is 11.3 Å². The topological polar surface area (TPSA) is 45.7 Å². The Hall–Kier alpha value is -0.820. The largest absolute Gasteiger partial charge is 0.377 e. The fraction of sp³-hybridized carbons (Fsp3) is 0.667. The number of halogens is 1. The molecule has 1 aliphatic carbocycles. The molecule has 0 radical (unpaired) electrons. The molecule has 4 nitrogen and oxygen atoms in total. The Balaban J connectivity index is 0.00000243. The zero-order valence-corrected chi connectivity index (χ0v) is 18.9. The number of hydrogen-bond acceptors (Lipinski definition) is 2. The molecule has 0 spiro atoms. The molecule has 26 heavy (non-hydrogen) atoms. The molecule has 1 aromatic rings. The Morgan fingerprint density at radius 3 is 2.54 bits per heavy atom. The third kappa shape index (κ3) is 4.53. The van der Waals surface area contributed by atoms with Crippen LogP contribution in [0.2, 0.25) is 0 Å². The lowest BCUT2D eigenvalue weighted by Crippen LogP contribution is -2.68. The lowest BCUT2D eigenvalue weighted by atomic mass is 9.57. The smallest absolute Gasteiger partial charge is 0.191 e. The molecule has 1 heterocycles. The van der Waals surface area contributed by atoms with Crippen molar-refractivity contribution >= 4 is 29.9 Å². The van der Waals surface area contributed by atoms with E-state index in [9.17, 15) is 0 Å². The first-order chi connectivity index (χ1) is 12.1. The lowest BCUT2D eigenvalue weighted by molar-refractivity contribution is -0.106. The zero-order valence-electron chi connectivity index (χ0n) is 16.5. The van der Waals surface area contributed by atoms with Crippen LogP contribution in [0.15, 0.2) is 29.3 Å². The van der Waals surface area contributed by atoms with E-state index in [-0.39, 0.29) is 29.4 Å². The quantitative estimate of drug-likeness (QED) is 0.377. The second-order valence-corrected chi connectivity index (χ2v) is 7.87. The maximum absolute atomic E-state index is 5.90. The average molecular weight is 471 g/mol. The molecule has 2 N–H and O–H groups in total. The van der Waals surface area contributed by atoms with Crippen LogP contribution in [0.5, 0.6) is 0 Å². The highest BCUT2D eigenvalue weighted by molar-refractivity contribution is 14.0. The predicted molar refractivity (Wildman–Crippen MR) is 119 cm³/mol. The van der Waals surface area contributed by atoms with Crippen LogP contribution in [0.1, 0.15) is 45.2 Å². The van der Waals surface area contributed by atoms with E-state index in [1.54, 1.807) is 0 Å². The van der Waals surface area contributed by atoms with Gasteiger partial charge in [0.2, 0.25) is 0 Å². The summed E-state index contributed by atoms with van der Waals surface area (Å²) < 4.78 is 5.90. The van der Waals surface area contributed by atoms with Gasteiger partial charge in [-0.3, -0.25) is 4.99 Å². The molecule has 0 bridgehead atoms. The summed E-state index contributed by atoms with van der Waals surface area (Å²) in [4.78, 5) is 4.81. The number of aliphatic imine (C=N–C) groups is 1. The third-order valence-corrected chi connectivity index (χ3v) is 5.84. The van der Waals surface area contributed by atoms with Crippen LogP contribution in [0.3, 0.4) is 0 Å². The summed E-state index contributed by atoms with van der Waals surface area (Å²) >= 11 is 0. The Kier molecular flexibility index (Phi) is 7.76. The van der Waals surface area contributed by atoms with Gasteiger partial charge in [-0.25, -0.2) is 0 Å². The molecule has 3 rings (SSSR count). The second-order valence-electron chi connectivity index (χ2n) is 7.87. The van der Waals surface area contributed by atoms with Gasteiger partial charge in [-0.05, 0) is 37.3 Å². The summed E-state index contributed by atoms with van der Waals surface area (Å²) in [5.74, 6) is 1.57.